The van der Waals surface area contributed by atoms with Gasteiger partial charge in [0.2, 0.25) is 5.91 Å². The van der Waals surface area contributed by atoms with Crippen molar-refractivity contribution in [3.8, 4) is 5.75 Å². The van der Waals surface area contributed by atoms with Gasteiger partial charge in [-0.15, -0.1) is 0 Å². The van der Waals surface area contributed by atoms with E-state index in [0.717, 1.165) is 41.3 Å². The molecule has 0 heterocycles. The van der Waals surface area contributed by atoms with Gasteiger partial charge in [0.25, 0.3) is 5.91 Å². The highest BCUT2D eigenvalue weighted by Crippen LogP contribution is 2.22. The second-order valence-electron chi connectivity index (χ2n) is 8.01. The largest absolute Gasteiger partial charge is 0.484 e. The Morgan fingerprint density at radius 3 is 2.52 bits per heavy atom. The van der Waals surface area contributed by atoms with E-state index in [1.165, 1.54) is 0 Å². The monoisotopic (exact) mass is 506 g/mol. The fourth-order valence-electron chi connectivity index (χ4n) is 3.70. The minimum absolute atomic E-state index is 0.125. The summed E-state index contributed by atoms with van der Waals surface area (Å²) in [5.41, 5.74) is 1.82. The maximum absolute atomic E-state index is 13.1. The minimum atomic E-state index is -0.604. The summed E-state index contributed by atoms with van der Waals surface area (Å²) in [6.07, 6.45) is 4.26. The molecule has 2 amide bonds. The molecule has 1 fully saturated rings. The van der Waals surface area contributed by atoms with Crippen molar-refractivity contribution in [1.29, 1.82) is 0 Å². The van der Waals surface area contributed by atoms with E-state index in [1.807, 2.05) is 31.2 Å². The molecule has 0 aliphatic heterocycles. The topological polar surface area (TPSA) is 58.6 Å². The summed E-state index contributed by atoms with van der Waals surface area (Å²) in [4.78, 5) is 27.6. The Bertz CT molecular complexity index is 914. The minimum Gasteiger partial charge on any atom is -0.484 e. The van der Waals surface area contributed by atoms with E-state index in [4.69, 9.17) is 16.3 Å². The molecule has 5 nitrogen and oxygen atoms in total. The van der Waals surface area contributed by atoms with Crippen LogP contribution in [0.3, 0.4) is 0 Å². The third kappa shape index (κ3) is 6.71. The standard InChI is InChI=1S/C24H28BrClN2O3/c1-16-13-21(11-12-22(16)26)31-15-23(29)28(14-18-7-9-19(25)10-8-18)17(2)24(30)27-20-5-3-4-6-20/h7-13,17,20H,3-6,14-15H2,1-2H3,(H,27,30)/t17-/m0/s1. The number of carbonyl (C=O) groups is 2. The van der Waals surface area contributed by atoms with Crippen LogP contribution in [0, 0.1) is 6.92 Å². The molecule has 166 valence electrons. The normalized spacial score (nSPS) is 14.8. The van der Waals surface area contributed by atoms with Gasteiger partial charge < -0.3 is 15.0 Å². The SMILES string of the molecule is Cc1cc(OCC(=O)N(Cc2ccc(Br)cc2)[C@@H](C)C(=O)NC2CCCC2)ccc1Cl. The lowest BCUT2D eigenvalue weighted by Crippen LogP contribution is -2.50. The van der Waals surface area contributed by atoms with Gasteiger partial charge in [0, 0.05) is 22.1 Å². The molecule has 1 aliphatic carbocycles. The van der Waals surface area contributed by atoms with Crippen molar-refractivity contribution in [2.24, 2.45) is 0 Å². The van der Waals surface area contributed by atoms with Crippen molar-refractivity contribution in [2.45, 2.75) is 58.2 Å². The van der Waals surface area contributed by atoms with Crippen molar-refractivity contribution in [3.63, 3.8) is 0 Å². The number of ether oxygens (including phenoxy) is 1. The Kier molecular flexibility index (Phi) is 8.38. The van der Waals surface area contributed by atoms with E-state index < -0.39 is 6.04 Å². The number of rotatable bonds is 8. The van der Waals surface area contributed by atoms with Gasteiger partial charge in [0.1, 0.15) is 11.8 Å². The summed E-state index contributed by atoms with van der Waals surface area (Å²) in [7, 11) is 0. The summed E-state index contributed by atoms with van der Waals surface area (Å²) < 4.78 is 6.68. The highest BCUT2D eigenvalue weighted by Gasteiger charge is 2.28. The maximum atomic E-state index is 13.1. The van der Waals surface area contributed by atoms with Gasteiger partial charge in [0.15, 0.2) is 6.61 Å². The van der Waals surface area contributed by atoms with Crippen LogP contribution < -0.4 is 10.1 Å². The fourth-order valence-corrected chi connectivity index (χ4v) is 4.08. The molecule has 0 radical (unpaired) electrons. The zero-order valence-corrected chi connectivity index (χ0v) is 20.2. The molecule has 0 saturated heterocycles. The third-order valence-corrected chi connectivity index (χ3v) is 6.58. The molecule has 1 saturated carbocycles. The Morgan fingerprint density at radius 1 is 1.19 bits per heavy atom. The van der Waals surface area contributed by atoms with Crippen LogP contribution in [0.2, 0.25) is 5.02 Å². The Balaban J connectivity index is 1.71. The Morgan fingerprint density at radius 2 is 1.87 bits per heavy atom. The predicted molar refractivity (Wildman–Crippen MR) is 126 cm³/mol. The molecule has 31 heavy (non-hydrogen) atoms. The van der Waals surface area contributed by atoms with Gasteiger partial charge in [0.05, 0.1) is 0 Å². The van der Waals surface area contributed by atoms with Crippen LogP contribution in [0.5, 0.6) is 5.75 Å². The summed E-state index contributed by atoms with van der Waals surface area (Å²) in [6, 6.07) is 12.6. The molecule has 0 bridgehead atoms. The Labute approximate surface area is 197 Å². The average Bonchev–Trinajstić information content (AvgIpc) is 3.26. The molecule has 1 N–H and O–H groups in total. The van der Waals surface area contributed by atoms with Crippen molar-refractivity contribution >= 4 is 39.3 Å². The van der Waals surface area contributed by atoms with Crippen LogP contribution in [0.15, 0.2) is 46.9 Å². The molecule has 3 rings (SSSR count). The molecule has 0 unspecified atom stereocenters. The van der Waals surface area contributed by atoms with E-state index in [9.17, 15) is 9.59 Å². The van der Waals surface area contributed by atoms with Gasteiger partial charge in [-0.2, -0.15) is 0 Å². The van der Waals surface area contributed by atoms with Gasteiger partial charge in [-0.1, -0.05) is 52.5 Å². The van der Waals surface area contributed by atoms with Crippen molar-refractivity contribution in [1.82, 2.24) is 10.2 Å². The summed E-state index contributed by atoms with van der Waals surface area (Å²) in [5.74, 6) is 0.200. The number of hydrogen-bond donors (Lipinski definition) is 1. The maximum Gasteiger partial charge on any atom is 0.261 e. The van der Waals surface area contributed by atoms with Crippen LogP contribution in [0.25, 0.3) is 0 Å². The smallest absolute Gasteiger partial charge is 0.261 e. The second-order valence-corrected chi connectivity index (χ2v) is 9.34. The van der Waals surface area contributed by atoms with Gasteiger partial charge in [-0.25, -0.2) is 0 Å². The van der Waals surface area contributed by atoms with E-state index >= 15 is 0 Å². The van der Waals surface area contributed by atoms with E-state index in [1.54, 1.807) is 30.0 Å². The molecule has 1 aliphatic rings. The molecular formula is C24H28BrClN2O3. The van der Waals surface area contributed by atoms with Gasteiger partial charge >= 0.3 is 0 Å². The molecule has 2 aromatic rings. The van der Waals surface area contributed by atoms with Crippen molar-refractivity contribution in [3.05, 3.63) is 63.1 Å². The highest BCUT2D eigenvalue weighted by molar-refractivity contribution is 9.10. The first kappa shape index (κ1) is 23.6. The van der Waals surface area contributed by atoms with Gasteiger partial charge in [-0.05, 0) is 68.1 Å². The van der Waals surface area contributed by atoms with Crippen molar-refractivity contribution < 1.29 is 14.3 Å². The number of benzene rings is 2. The van der Waals surface area contributed by atoms with Crippen molar-refractivity contribution in [2.75, 3.05) is 6.61 Å². The number of amides is 2. The molecule has 2 aromatic carbocycles. The zero-order valence-electron chi connectivity index (χ0n) is 17.9. The third-order valence-electron chi connectivity index (χ3n) is 5.63. The molecule has 0 spiro atoms. The number of halogens is 2. The second kappa shape index (κ2) is 11.0. The molecular weight excluding hydrogens is 480 g/mol. The number of hydrogen-bond acceptors (Lipinski definition) is 3. The summed E-state index contributed by atoms with van der Waals surface area (Å²) in [6.45, 7) is 3.83. The number of aryl methyl sites for hydroxylation is 1. The number of nitrogens with one attached hydrogen (secondary N) is 1. The summed E-state index contributed by atoms with van der Waals surface area (Å²) in [5, 5.41) is 3.75. The quantitative estimate of drug-likeness (QED) is 0.530. The average molecular weight is 508 g/mol. The lowest BCUT2D eigenvalue weighted by atomic mass is 10.1. The lowest BCUT2D eigenvalue weighted by Gasteiger charge is -2.29. The van der Waals surface area contributed by atoms with E-state index in [0.29, 0.717) is 17.3 Å². The molecule has 0 aromatic heterocycles. The fraction of sp³-hybridized carbons (Fsp3) is 0.417. The highest BCUT2D eigenvalue weighted by atomic mass is 79.9. The zero-order chi connectivity index (χ0) is 22.4. The molecule has 1 atom stereocenters. The van der Waals surface area contributed by atoms with Gasteiger partial charge in [-0.3, -0.25) is 9.59 Å². The van der Waals surface area contributed by atoms with E-state index in [-0.39, 0.29) is 24.5 Å². The first-order valence-electron chi connectivity index (χ1n) is 10.6. The van der Waals surface area contributed by atoms with Crippen LogP contribution >= 0.6 is 27.5 Å². The van der Waals surface area contributed by atoms with Crippen LogP contribution in [-0.4, -0.2) is 35.4 Å². The first-order valence-corrected chi connectivity index (χ1v) is 11.7. The van der Waals surface area contributed by atoms with E-state index in [2.05, 4.69) is 21.2 Å². The number of carbonyl (C=O) groups excluding carboxylic acids is 2. The predicted octanol–water partition coefficient (Wildman–Crippen LogP) is 5.27. The van der Waals surface area contributed by atoms with Crippen LogP contribution in [-0.2, 0) is 16.1 Å². The van der Waals surface area contributed by atoms with Crippen LogP contribution in [0.4, 0.5) is 0 Å². The lowest BCUT2D eigenvalue weighted by molar-refractivity contribution is -0.142. The molecule has 7 heteroatoms. The Hall–Kier alpha value is -2.05. The first-order chi connectivity index (χ1) is 14.8. The van der Waals surface area contributed by atoms with Crippen LogP contribution in [0.1, 0.15) is 43.7 Å². The number of nitrogens with zero attached hydrogens (tertiary/aromatic N) is 1. The summed E-state index contributed by atoms with van der Waals surface area (Å²) >= 11 is 9.49.